The van der Waals surface area contributed by atoms with Crippen LogP contribution < -0.4 is 15.8 Å². The molecular weight excluding hydrogens is 292 g/mol. The summed E-state index contributed by atoms with van der Waals surface area (Å²) in [5.41, 5.74) is 0.512. The van der Waals surface area contributed by atoms with Crippen molar-refractivity contribution in [2.75, 3.05) is 24.5 Å². The second kappa shape index (κ2) is 7.15. The fourth-order valence-corrected chi connectivity index (χ4v) is 2.66. The maximum Gasteiger partial charge on any atom is 0.268 e. The molecule has 2 rings (SSSR count). The van der Waals surface area contributed by atoms with E-state index in [1.165, 1.54) is 4.68 Å². The number of carbonyl (C=O) groups excluding carboxylic acids is 1. The van der Waals surface area contributed by atoms with Crippen molar-refractivity contribution in [1.29, 1.82) is 0 Å². The molecule has 1 aromatic heterocycles. The predicted molar refractivity (Wildman–Crippen MR) is 91.5 cm³/mol. The van der Waals surface area contributed by atoms with Gasteiger partial charge in [-0.05, 0) is 25.2 Å². The highest BCUT2D eigenvalue weighted by molar-refractivity contribution is 5.81. The average Bonchev–Trinajstić information content (AvgIpc) is 2.55. The van der Waals surface area contributed by atoms with Crippen molar-refractivity contribution >= 4 is 11.6 Å². The van der Waals surface area contributed by atoms with Gasteiger partial charge in [-0.15, -0.1) is 0 Å². The fraction of sp³-hybridized carbons (Fsp3) is 0.706. The van der Waals surface area contributed by atoms with Gasteiger partial charge in [-0.1, -0.05) is 20.8 Å². The Morgan fingerprint density at radius 3 is 2.61 bits per heavy atom. The lowest BCUT2D eigenvalue weighted by atomic mass is 9.88. The zero-order valence-electron chi connectivity index (χ0n) is 14.6. The van der Waals surface area contributed by atoms with Gasteiger partial charge in [0.15, 0.2) is 0 Å². The second-order valence-electron chi connectivity index (χ2n) is 7.05. The Morgan fingerprint density at radius 2 is 2.04 bits per heavy atom. The van der Waals surface area contributed by atoms with Crippen LogP contribution in [0.15, 0.2) is 17.1 Å². The van der Waals surface area contributed by atoms with Gasteiger partial charge in [0.25, 0.3) is 5.56 Å². The maximum absolute atomic E-state index is 12.1. The number of amides is 1. The summed E-state index contributed by atoms with van der Waals surface area (Å²) in [4.78, 5) is 26.0. The van der Waals surface area contributed by atoms with E-state index in [2.05, 4.69) is 15.3 Å². The van der Waals surface area contributed by atoms with E-state index in [4.69, 9.17) is 0 Å². The van der Waals surface area contributed by atoms with Crippen molar-refractivity contribution in [3.05, 3.63) is 22.6 Å². The number of nitrogens with zero attached hydrogens (tertiary/aromatic N) is 3. The van der Waals surface area contributed by atoms with Crippen LogP contribution >= 0.6 is 0 Å². The van der Waals surface area contributed by atoms with E-state index in [-0.39, 0.29) is 16.9 Å². The van der Waals surface area contributed by atoms with Crippen LogP contribution in [0.1, 0.15) is 40.0 Å². The Morgan fingerprint density at radius 1 is 1.39 bits per heavy atom. The Kier molecular flexibility index (Phi) is 5.44. The first kappa shape index (κ1) is 17.5. The molecular formula is C17H28N4O2. The third-order valence-electron chi connectivity index (χ3n) is 4.98. The first-order chi connectivity index (χ1) is 10.8. The lowest BCUT2D eigenvalue weighted by Gasteiger charge is -2.34. The highest BCUT2D eigenvalue weighted by Crippen LogP contribution is 2.23. The zero-order chi connectivity index (χ0) is 17.0. The molecule has 2 heterocycles. The standard InChI is InChI=1S/C17H28N4O2/c1-5-17(2,3)16(23)18-11-13-6-8-21(9-7-13)14-10-15(22)20(4)19-12-14/h10,12-13H,5-9,11H2,1-4H3,(H,18,23). The summed E-state index contributed by atoms with van der Waals surface area (Å²) in [7, 11) is 1.65. The van der Waals surface area contributed by atoms with Gasteiger partial charge in [0.1, 0.15) is 0 Å². The lowest BCUT2D eigenvalue weighted by Crippen LogP contribution is -2.42. The number of hydrogen-bond acceptors (Lipinski definition) is 4. The molecule has 6 heteroatoms. The van der Waals surface area contributed by atoms with Crippen molar-refractivity contribution < 1.29 is 4.79 Å². The van der Waals surface area contributed by atoms with E-state index in [1.54, 1.807) is 19.3 Å². The summed E-state index contributed by atoms with van der Waals surface area (Å²) in [6.45, 7) is 8.53. The zero-order valence-corrected chi connectivity index (χ0v) is 14.6. The number of aryl methyl sites for hydroxylation is 1. The van der Waals surface area contributed by atoms with Gasteiger partial charge >= 0.3 is 0 Å². The van der Waals surface area contributed by atoms with E-state index in [0.717, 1.165) is 44.6 Å². The van der Waals surface area contributed by atoms with Crippen molar-refractivity contribution in [2.45, 2.75) is 40.0 Å². The molecule has 0 aromatic carbocycles. The summed E-state index contributed by atoms with van der Waals surface area (Å²) in [5.74, 6) is 0.639. The third-order valence-corrected chi connectivity index (χ3v) is 4.98. The summed E-state index contributed by atoms with van der Waals surface area (Å²) < 4.78 is 1.33. The summed E-state index contributed by atoms with van der Waals surface area (Å²) in [6, 6.07) is 1.64. The molecule has 6 nitrogen and oxygen atoms in total. The van der Waals surface area contributed by atoms with Gasteiger partial charge in [0.05, 0.1) is 11.9 Å². The van der Waals surface area contributed by atoms with Gasteiger partial charge in [-0.25, -0.2) is 4.68 Å². The van der Waals surface area contributed by atoms with E-state index in [0.29, 0.717) is 5.92 Å². The summed E-state index contributed by atoms with van der Waals surface area (Å²) >= 11 is 0. The number of anilines is 1. The van der Waals surface area contributed by atoms with Crippen LogP contribution in [0.5, 0.6) is 0 Å². The average molecular weight is 320 g/mol. The van der Waals surface area contributed by atoms with Crippen molar-refractivity contribution in [1.82, 2.24) is 15.1 Å². The van der Waals surface area contributed by atoms with Crippen LogP contribution in [0.2, 0.25) is 0 Å². The summed E-state index contributed by atoms with van der Waals surface area (Å²) in [6.07, 6.45) is 4.62. The molecule has 0 radical (unpaired) electrons. The largest absolute Gasteiger partial charge is 0.370 e. The van der Waals surface area contributed by atoms with Crippen LogP contribution in [-0.4, -0.2) is 35.3 Å². The molecule has 1 fully saturated rings. The minimum Gasteiger partial charge on any atom is -0.370 e. The van der Waals surface area contributed by atoms with Crippen LogP contribution in [0.25, 0.3) is 0 Å². The van der Waals surface area contributed by atoms with Crippen LogP contribution in [0.4, 0.5) is 5.69 Å². The number of hydrogen-bond donors (Lipinski definition) is 1. The van der Waals surface area contributed by atoms with Crippen molar-refractivity contribution in [3.8, 4) is 0 Å². The molecule has 128 valence electrons. The molecule has 0 bridgehead atoms. The molecule has 0 atom stereocenters. The van der Waals surface area contributed by atoms with E-state index >= 15 is 0 Å². The van der Waals surface area contributed by atoms with E-state index in [1.807, 2.05) is 20.8 Å². The van der Waals surface area contributed by atoms with Crippen molar-refractivity contribution in [2.24, 2.45) is 18.4 Å². The number of rotatable bonds is 5. The topological polar surface area (TPSA) is 67.2 Å². The van der Waals surface area contributed by atoms with Gasteiger partial charge in [0.2, 0.25) is 5.91 Å². The number of nitrogens with one attached hydrogen (secondary N) is 1. The minimum atomic E-state index is -0.295. The Labute approximate surface area is 137 Å². The minimum absolute atomic E-state index is 0.0846. The third kappa shape index (κ3) is 4.33. The number of carbonyl (C=O) groups is 1. The van der Waals surface area contributed by atoms with Crippen LogP contribution in [0, 0.1) is 11.3 Å². The van der Waals surface area contributed by atoms with Gasteiger partial charge in [-0.2, -0.15) is 5.10 Å². The molecule has 1 N–H and O–H groups in total. The maximum atomic E-state index is 12.1. The monoisotopic (exact) mass is 320 g/mol. The highest BCUT2D eigenvalue weighted by Gasteiger charge is 2.26. The molecule has 1 saturated heterocycles. The van der Waals surface area contributed by atoms with Crippen LogP contribution in [-0.2, 0) is 11.8 Å². The summed E-state index contributed by atoms with van der Waals surface area (Å²) in [5, 5.41) is 7.17. The second-order valence-corrected chi connectivity index (χ2v) is 7.05. The quantitative estimate of drug-likeness (QED) is 0.894. The lowest BCUT2D eigenvalue weighted by molar-refractivity contribution is -0.129. The van der Waals surface area contributed by atoms with Crippen molar-refractivity contribution in [3.63, 3.8) is 0 Å². The molecule has 0 aliphatic carbocycles. The Bertz CT molecular complexity index is 601. The molecule has 1 amide bonds. The fourth-order valence-electron chi connectivity index (χ4n) is 2.66. The molecule has 23 heavy (non-hydrogen) atoms. The van der Waals surface area contributed by atoms with Gasteiger partial charge < -0.3 is 10.2 Å². The predicted octanol–water partition coefficient (Wildman–Crippen LogP) is 1.55. The van der Waals surface area contributed by atoms with Crippen LogP contribution in [0.3, 0.4) is 0 Å². The number of piperidine rings is 1. The smallest absolute Gasteiger partial charge is 0.268 e. The normalized spacial score (nSPS) is 16.4. The first-order valence-corrected chi connectivity index (χ1v) is 8.40. The van der Waals surface area contributed by atoms with E-state index in [9.17, 15) is 9.59 Å². The Hall–Kier alpha value is -1.85. The number of aromatic nitrogens is 2. The SMILES string of the molecule is CCC(C)(C)C(=O)NCC1CCN(c2cnn(C)c(=O)c2)CC1. The van der Waals surface area contributed by atoms with E-state index < -0.39 is 0 Å². The Balaban J connectivity index is 1.83. The molecule has 0 unspecified atom stereocenters. The van der Waals surface area contributed by atoms with Gasteiger partial charge in [0, 0.05) is 38.2 Å². The molecule has 1 aromatic rings. The molecule has 1 aliphatic heterocycles. The highest BCUT2D eigenvalue weighted by atomic mass is 16.2. The molecule has 0 saturated carbocycles. The molecule has 1 aliphatic rings. The first-order valence-electron chi connectivity index (χ1n) is 8.40. The molecule has 0 spiro atoms. The van der Waals surface area contributed by atoms with Gasteiger partial charge in [-0.3, -0.25) is 9.59 Å².